The van der Waals surface area contributed by atoms with Crippen LogP contribution in [0.15, 0.2) is 24.3 Å². The number of thioether (sulfide) groups is 1. The fraction of sp³-hybridized carbons (Fsp3) is 0.533. The van der Waals surface area contributed by atoms with Crippen molar-refractivity contribution >= 4 is 29.3 Å². The topological polar surface area (TPSA) is 32.3 Å². The highest BCUT2D eigenvalue weighted by molar-refractivity contribution is 7.99. The number of nitrogens with one attached hydrogen (secondary N) is 1. The van der Waals surface area contributed by atoms with Gasteiger partial charge in [-0.3, -0.25) is 4.79 Å². The number of hydrogen-bond donors (Lipinski definition) is 1. The highest BCUT2D eigenvalue weighted by atomic mass is 35.5. The molecule has 0 bridgehead atoms. The molecular weight excluding hydrogens is 292 g/mol. The molecule has 1 amide bonds. The lowest BCUT2D eigenvalue weighted by Gasteiger charge is -2.32. The van der Waals surface area contributed by atoms with Crippen LogP contribution in [0, 0.1) is 0 Å². The molecule has 1 N–H and O–H groups in total. The van der Waals surface area contributed by atoms with Gasteiger partial charge < -0.3 is 10.2 Å². The van der Waals surface area contributed by atoms with Crippen LogP contribution in [0.4, 0.5) is 0 Å². The van der Waals surface area contributed by atoms with Gasteiger partial charge in [-0.2, -0.15) is 11.8 Å². The van der Waals surface area contributed by atoms with Gasteiger partial charge >= 0.3 is 0 Å². The van der Waals surface area contributed by atoms with Crippen LogP contribution >= 0.6 is 23.4 Å². The van der Waals surface area contributed by atoms with Crippen molar-refractivity contribution in [3.8, 4) is 0 Å². The summed E-state index contributed by atoms with van der Waals surface area (Å²) in [6, 6.07) is 7.83. The third-order valence-corrected chi connectivity index (χ3v) is 4.67. The molecule has 1 aliphatic rings. The van der Waals surface area contributed by atoms with Crippen molar-refractivity contribution in [1.29, 1.82) is 0 Å². The second kappa shape index (κ2) is 7.34. The Hall–Kier alpha value is -0.710. The molecule has 5 heteroatoms. The number of amides is 1. The quantitative estimate of drug-likeness (QED) is 0.928. The van der Waals surface area contributed by atoms with Crippen LogP contribution in [0.1, 0.15) is 19.4 Å². The maximum absolute atomic E-state index is 12.6. The SMILES string of the molecule is CC(C)N(Cc1cccc(Cl)c1)C(=O)C1CSCCN1. The highest BCUT2D eigenvalue weighted by Crippen LogP contribution is 2.17. The number of benzene rings is 1. The minimum atomic E-state index is -0.0599. The standard InChI is InChI=1S/C15H21ClN2OS/c1-11(2)18(9-12-4-3-5-13(16)8-12)15(19)14-10-20-7-6-17-14/h3-5,8,11,14,17H,6-7,9-10H2,1-2H3. The molecule has 1 unspecified atom stereocenters. The maximum atomic E-state index is 12.6. The van der Waals surface area contributed by atoms with E-state index in [2.05, 4.69) is 19.2 Å². The molecular formula is C15H21ClN2OS. The molecule has 1 fully saturated rings. The average Bonchev–Trinajstić information content (AvgIpc) is 2.45. The van der Waals surface area contributed by atoms with Crippen molar-refractivity contribution in [1.82, 2.24) is 10.2 Å². The monoisotopic (exact) mass is 312 g/mol. The van der Waals surface area contributed by atoms with E-state index in [9.17, 15) is 4.79 Å². The Morgan fingerprint density at radius 3 is 2.95 bits per heavy atom. The van der Waals surface area contributed by atoms with Gasteiger partial charge in [0, 0.05) is 35.7 Å². The van der Waals surface area contributed by atoms with Gasteiger partial charge in [0.05, 0.1) is 6.04 Å². The van der Waals surface area contributed by atoms with E-state index >= 15 is 0 Å². The molecule has 3 nitrogen and oxygen atoms in total. The summed E-state index contributed by atoms with van der Waals surface area (Å²) >= 11 is 7.86. The number of halogens is 1. The van der Waals surface area contributed by atoms with Gasteiger partial charge in [-0.25, -0.2) is 0 Å². The molecule has 0 spiro atoms. The average molecular weight is 313 g/mol. The van der Waals surface area contributed by atoms with Gasteiger partial charge in [-0.05, 0) is 31.5 Å². The molecule has 0 saturated carbocycles. The summed E-state index contributed by atoms with van der Waals surface area (Å²) in [4.78, 5) is 14.6. The fourth-order valence-electron chi connectivity index (χ4n) is 2.27. The molecule has 110 valence electrons. The second-order valence-electron chi connectivity index (χ2n) is 5.27. The van der Waals surface area contributed by atoms with Crippen LogP contribution in [0.25, 0.3) is 0 Å². The first-order valence-electron chi connectivity index (χ1n) is 6.94. The van der Waals surface area contributed by atoms with Crippen LogP contribution in [-0.2, 0) is 11.3 Å². The summed E-state index contributed by atoms with van der Waals surface area (Å²) in [6.45, 7) is 5.63. The van der Waals surface area contributed by atoms with E-state index in [1.165, 1.54) is 0 Å². The Balaban J connectivity index is 2.08. The first-order valence-corrected chi connectivity index (χ1v) is 8.47. The summed E-state index contributed by atoms with van der Waals surface area (Å²) in [5, 5.41) is 4.03. The molecule has 1 heterocycles. The predicted molar refractivity (Wildman–Crippen MR) is 86.3 cm³/mol. The fourth-order valence-corrected chi connectivity index (χ4v) is 3.41. The minimum Gasteiger partial charge on any atom is -0.335 e. The van der Waals surface area contributed by atoms with E-state index in [1.54, 1.807) is 0 Å². The number of hydrogen-bond acceptors (Lipinski definition) is 3. The Labute approximate surface area is 130 Å². The van der Waals surface area contributed by atoms with E-state index in [0.717, 1.165) is 23.6 Å². The summed E-state index contributed by atoms with van der Waals surface area (Å²) in [6.07, 6.45) is 0. The van der Waals surface area contributed by atoms with E-state index < -0.39 is 0 Å². The van der Waals surface area contributed by atoms with Crippen LogP contribution in [-0.4, -0.2) is 40.9 Å². The van der Waals surface area contributed by atoms with Crippen LogP contribution < -0.4 is 5.32 Å². The van der Waals surface area contributed by atoms with Crippen molar-refractivity contribution in [2.45, 2.75) is 32.5 Å². The normalized spacial score (nSPS) is 19.1. The number of carbonyl (C=O) groups excluding carboxylic acids is 1. The van der Waals surface area contributed by atoms with Crippen LogP contribution in [0.2, 0.25) is 5.02 Å². The van der Waals surface area contributed by atoms with E-state index in [-0.39, 0.29) is 18.0 Å². The van der Waals surface area contributed by atoms with E-state index in [1.807, 2.05) is 40.9 Å². The molecule has 2 rings (SSSR count). The molecule has 1 aromatic carbocycles. The van der Waals surface area contributed by atoms with Gasteiger partial charge in [-0.1, -0.05) is 23.7 Å². The predicted octanol–water partition coefficient (Wildman–Crippen LogP) is 2.78. The molecule has 1 atom stereocenters. The molecule has 1 aromatic rings. The maximum Gasteiger partial charge on any atom is 0.241 e. The number of nitrogens with zero attached hydrogens (tertiary/aromatic N) is 1. The minimum absolute atomic E-state index is 0.0599. The first-order chi connectivity index (χ1) is 9.58. The smallest absolute Gasteiger partial charge is 0.241 e. The molecule has 1 saturated heterocycles. The van der Waals surface area contributed by atoms with Crippen molar-refractivity contribution in [3.05, 3.63) is 34.9 Å². The van der Waals surface area contributed by atoms with Crippen molar-refractivity contribution in [2.75, 3.05) is 18.1 Å². The van der Waals surface area contributed by atoms with E-state index in [4.69, 9.17) is 11.6 Å². The first kappa shape index (κ1) is 15.7. The highest BCUT2D eigenvalue weighted by Gasteiger charge is 2.27. The summed E-state index contributed by atoms with van der Waals surface area (Å²) < 4.78 is 0. The zero-order valence-corrected chi connectivity index (χ0v) is 13.5. The molecule has 20 heavy (non-hydrogen) atoms. The summed E-state index contributed by atoms with van der Waals surface area (Å²) in [5.41, 5.74) is 1.07. The largest absolute Gasteiger partial charge is 0.335 e. The lowest BCUT2D eigenvalue weighted by Crippen LogP contribution is -2.52. The summed E-state index contributed by atoms with van der Waals surface area (Å²) in [7, 11) is 0. The Kier molecular flexibility index (Phi) is 5.75. The van der Waals surface area contributed by atoms with Gasteiger partial charge in [0.1, 0.15) is 0 Å². The number of carbonyl (C=O) groups is 1. The lowest BCUT2D eigenvalue weighted by molar-refractivity contribution is -0.135. The van der Waals surface area contributed by atoms with Crippen LogP contribution in [0.5, 0.6) is 0 Å². The van der Waals surface area contributed by atoms with Crippen LogP contribution in [0.3, 0.4) is 0 Å². The Morgan fingerprint density at radius 2 is 2.35 bits per heavy atom. The Morgan fingerprint density at radius 1 is 1.55 bits per heavy atom. The van der Waals surface area contributed by atoms with Gasteiger partial charge in [0.15, 0.2) is 0 Å². The van der Waals surface area contributed by atoms with Gasteiger partial charge in [-0.15, -0.1) is 0 Å². The van der Waals surface area contributed by atoms with Crippen molar-refractivity contribution < 1.29 is 4.79 Å². The molecule has 0 aliphatic carbocycles. The van der Waals surface area contributed by atoms with Crippen molar-refractivity contribution in [2.24, 2.45) is 0 Å². The lowest BCUT2D eigenvalue weighted by atomic mass is 10.1. The van der Waals surface area contributed by atoms with Gasteiger partial charge in [0.25, 0.3) is 0 Å². The van der Waals surface area contributed by atoms with Gasteiger partial charge in [0.2, 0.25) is 5.91 Å². The third-order valence-electron chi connectivity index (χ3n) is 3.37. The Bertz CT molecular complexity index is 461. The summed E-state index contributed by atoms with van der Waals surface area (Å²) in [5.74, 6) is 2.13. The molecule has 1 aliphatic heterocycles. The zero-order valence-electron chi connectivity index (χ0n) is 11.9. The molecule has 0 radical (unpaired) electrons. The number of rotatable bonds is 4. The zero-order chi connectivity index (χ0) is 14.5. The molecule has 0 aromatic heterocycles. The van der Waals surface area contributed by atoms with Crippen molar-refractivity contribution in [3.63, 3.8) is 0 Å². The third kappa shape index (κ3) is 4.14. The van der Waals surface area contributed by atoms with E-state index in [0.29, 0.717) is 11.6 Å². The second-order valence-corrected chi connectivity index (χ2v) is 6.86.